The maximum Gasteiger partial charge on any atom is 0.354 e. The maximum atomic E-state index is 13.3. The first-order valence-electron chi connectivity index (χ1n) is 9.50. The zero-order valence-corrected chi connectivity index (χ0v) is 17.6. The summed E-state index contributed by atoms with van der Waals surface area (Å²) in [5, 5.41) is 0. The molecule has 0 fully saturated rings. The number of ether oxygens (including phenoxy) is 2. The number of hydrogen-bond acceptors (Lipinski definition) is 5. The molecule has 0 aliphatic rings. The molecule has 156 valence electrons. The van der Waals surface area contributed by atoms with E-state index in [0.717, 1.165) is 0 Å². The number of nitrogens with zero attached hydrogens (tertiary/aromatic N) is 1. The van der Waals surface area contributed by atoms with E-state index in [1.54, 1.807) is 57.0 Å². The van der Waals surface area contributed by atoms with E-state index in [-0.39, 0.29) is 17.4 Å². The number of hydrogen-bond donors (Lipinski definition) is 1. The van der Waals surface area contributed by atoms with Crippen LogP contribution in [-0.2, 0) is 9.47 Å². The fourth-order valence-corrected chi connectivity index (χ4v) is 3.37. The van der Waals surface area contributed by atoms with Gasteiger partial charge in [-0.3, -0.25) is 9.59 Å². The summed E-state index contributed by atoms with van der Waals surface area (Å²) in [4.78, 5) is 42.9. The number of rotatable bonds is 9. The van der Waals surface area contributed by atoms with Crippen molar-refractivity contribution in [2.75, 3.05) is 27.4 Å². The maximum absolute atomic E-state index is 13.3. The number of amides is 1. The van der Waals surface area contributed by atoms with Crippen LogP contribution in [0, 0.1) is 13.8 Å². The molecular weight excluding hydrogens is 372 g/mol. The van der Waals surface area contributed by atoms with E-state index in [9.17, 15) is 14.4 Å². The second-order valence-corrected chi connectivity index (χ2v) is 6.87. The molecule has 0 saturated carbocycles. The first kappa shape index (κ1) is 22.4. The third kappa shape index (κ3) is 4.92. The van der Waals surface area contributed by atoms with Crippen LogP contribution in [0.1, 0.15) is 55.8 Å². The quantitative estimate of drug-likeness (QED) is 0.397. The summed E-state index contributed by atoms with van der Waals surface area (Å²) >= 11 is 0. The second kappa shape index (κ2) is 10.0. The number of benzene rings is 1. The van der Waals surface area contributed by atoms with Gasteiger partial charge >= 0.3 is 5.97 Å². The largest absolute Gasteiger partial charge is 0.464 e. The lowest BCUT2D eigenvalue weighted by Crippen LogP contribution is -2.44. The monoisotopic (exact) mass is 400 g/mol. The van der Waals surface area contributed by atoms with Crippen LogP contribution < -0.4 is 0 Å². The summed E-state index contributed by atoms with van der Waals surface area (Å²) in [6.07, 6.45) is 0.602. The number of aryl methyl sites for hydroxylation is 1. The molecule has 1 amide bonds. The van der Waals surface area contributed by atoms with Gasteiger partial charge in [0.25, 0.3) is 5.91 Å². The highest BCUT2D eigenvalue weighted by Gasteiger charge is 2.31. The van der Waals surface area contributed by atoms with E-state index in [1.165, 1.54) is 7.11 Å². The van der Waals surface area contributed by atoms with Crippen molar-refractivity contribution in [3.8, 4) is 0 Å². The Hall–Kier alpha value is -2.93. The Kier molecular flexibility index (Phi) is 7.73. The van der Waals surface area contributed by atoms with Gasteiger partial charge in [-0.25, -0.2) is 4.79 Å². The minimum Gasteiger partial charge on any atom is -0.464 e. The summed E-state index contributed by atoms with van der Waals surface area (Å²) < 4.78 is 9.88. The van der Waals surface area contributed by atoms with Gasteiger partial charge in [0.15, 0.2) is 5.78 Å². The predicted molar refractivity (Wildman–Crippen MR) is 109 cm³/mol. The minimum atomic E-state index is -0.710. The number of ketones is 1. The predicted octanol–water partition coefficient (Wildman–Crippen LogP) is 3.17. The zero-order valence-electron chi connectivity index (χ0n) is 17.6. The average Bonchev–Trinajstić information content (AvgIpc) is 3.03. The Bertz CT molecular complexity index is 873. The number of esters is 1. The molecule has 7 heteroatoms. The van der Waals surface area contributed by atoms with Gasteiger partial charge in [0.2, 0.25) is 0 Å². The van der Waals surface area contributed by atoms with E-state index in [2.05, 4.69) is 4.98 Å². The van der Waals surface area contributed by atoms with Gasteiger partial charge in [-0.1, -0.05) is 18.2 Å². The molecule has 1 aromatic carbocycles. The molecule has 1 N–H and O–H groups in total. The van der Waals surface area contributed by atoms with E-state index >= 15 is 0 Å². The topological polar surface area (TPSA) is 88.7 Å². The van der Waals surface area contributed by atoms with Gasteiger partial charge in [0.05, 0.1) is 13.2 Å². The third-order valence-corrected chi connectivity index (χ3v) is 4.95. The van der Waals surface area contributed by atoms with Crippen molar-refractivity contribution in [2.45, 2.75) is 33.2 Å². The molecule has 1 atom stereocenters. The van der Waals surface area contributed by atoms with Crippen molar-refractivity contribution in [3.63, 3.8) is 0 Å². The number of methoxy groups -OCH3 is 2. The van der Waals surface area contributed by atoms with Crippen LogP contribution in [0.15, 0.2) is 30.3 Å². The van der Waals surface area contributed by atoms with Gasteiger partial charge in [0, 0.05) is 37.1 Å². The first-order chi connectivity index (χ1) is 13.8. The summed E-state index contributed by atoms with van der Waals surface area (Å²) in [6.45, 7) is 5.99. The lowest BCUT2D eigenvalue weighted by atomic mass is 9.99. The fourth-order valence-electron chi connectivity index (χ4n) is 3.37. The molecule has 29 heavy (non-hydrogen) atoms. The summed E-state index contributed by atoms with van der Waals surface area (Å²) in [7, 11) is 2.89. The van der Waals surface area contributed by atoms with Gasteiger partial charge in [-0.05, 0) is 44.9 Å². The summed E-state index contributed by atoms with van der Waals surface area (Å²) in [5.74, 6) is -0.982. The van der Waals surface area contributed by atoms with Gasteiger partial charge in [-0.15, -0.1) is 0 Å². The molecule has 0 aliphatic carbocycles. The van der Waals surface area contributed by atoms with Crippen molar-refractivity contribution < 1.29 is 23.9 Å². The molecule has 7 nitrogen and oxygen atoms in total. The molecule has 2 aromatic rings. The van der Waals surface area contributed by atoms with Gasteiger partial charge in [-0.2, -0.15) is 0 Å². The molecule has 1 aromatic heterocycles. The number of aromatic amines is 1. The Morgan fingerprint density at radius 3 is 2.34 bits per heavy atom. The van der Waals surface area contributed by atoms with Crippen LogP contribution in [0.2, 0.25) is 0 Å². The molecular formula is C22H28N2O5. The van der Waals surface area contributed by atoms with Gasteiger partial charge < -0.3 is 19.4 Å². The average molecular weight is 400 g/mol. The second-order valence-electron chi connectivity index (χ2n) is 6.87. The first-order valence-corrected chi connectivity index (χ1v) is 9.50. The van der Waals surface area contributed by atoms with Crippen LogP contribution in [0.25, 0.3) is 0 Å². The number of carbonyl (C=O) groups is 3. The molecule has 2 rings (SSSR count). The number of Topliss-reactive ketones (excluding diaryl/α,β-unsaturated/α-hetero) is 1. The minimum absolute atomic E-state index is 0.221. The highest BCUT2D eigenvalue weighted by atomic mass is 16.5. The number of H-pyrrole nitrogens is 1. The lowest BCUT2D eigenvalue weighted by molar-refractivity contribution is 0.0591. The molecule has 0 spiro atoms. The van der Waals surface area contributed by atoms with Crippen LogP contribution in [0.3, 0.4) is 0 Å². The van der Waals surface area contributed by atoms with Crippen LogP contribution in [0.4, 0.5) is 0 Å². The normalized spacial score (nSPS) is 11.8. The molecule has 1 unspecified atom stereocenters. The third-order valence-electron chi connectivity index (χ3n) is 4.95. The number of aromatic nitrogens is 1. The highest BCUT2D eigenvalue weighted by molar-refractivity contribution is 6.07. The standard InChI is InChI=1S/C22H28N2O5/c1-14-18(15(2)23-19(14)22(27)29-5)20(25)16(3)24(12-9-13-28-4)21(26)17-10-7-6-8-11-17/h6-8,10-11,16,23H,9,12-13H2,1-5H3. The Balaban J connectivity index is 2.36. The zero-order chi connectivity index (χ0) is 21.6. The van der Waals surface area contributed by atoms with E-state index in [1.807, 2.05) is 6.07 Å². The van der Waals surface area contributed by atoms with Crippen molar-refractivity contribution in [1.82, 2.24) is 9.88 Å². The fraction of sp³-hybridized carbons (Fsp3) is 0.409. The summed E-state index contributed by atoms with van der Waals surface area (Å²) in [6, 6.07) is 8.15. The number of nitrogens with one attached hydrogen (secondary N) is 1. The number of carbonyl (C=O) groups excluding carboxylic acids is 3. The smallest absolute Gasteiger partial charge is 0.354 e. The molecule has 0 aliphatic heterocycles. The Morgan fingerprint density at radius 2 is 1.76 bits per heavy atom. The van der Waals surface area contributed by atoms with Crippen molar-refractivity contribution in [3.05, 3.63) is 58.4 Å². The van der Waals surface area contributed by atoms with E-state index in [0.29, 0.717) is 42.0 Å². The Labute approximate surface area is 171 Å². The molecule has 0 saturated heterocycles. The van der Waals surface area contributed by atoms with Crippen LogP contribution in [-0.4, -0.2) is 61.0 Å². The summed E-state index contributed by atoms with van der Waals surface area (Å²) in [5.41, 5.74) is 2.28. The van der Waals surface area contributed by atoms with E-state index in [4.69, 9.17) is 9.47 Å². The van der Waals surface area contributed by atoms with Crippen molar-refractivity contribution in [1.29, 1.82) is 0 Å². The highest BCUT2D eigenvalue weighted by Crippen LogP contribution is 2.23. The lowest BCUT2D eigenvalue weighted by Gasteiger charge is -2.29. The van der Waals surface area contributed by atoms with Crippen LogP contribution >= 0.6 is 0 Å². The van der Waals surface area contributed by atoms with Crippen LogP contribution in [0.5, 0.6) is 0 Å². The SMILES string of the molecule is COCCCN(C(=O)c1ccccc1)C(C)C(=O)c1c(C)[nH]c(C(=O)OC)c1C. The molecule has 1 heterocycles. The van der Waals surface area contributed by atoms with Crippen molar-refractivity contribution in [2.24, 2.45) is 0 Å². The van der Waals surface area contributed by atoms with E-state index < -0.39 is 12.0 Å². The van der Waals surface area contributed by atoms with Gasteiger partial charge in [0.1, 0.15) is 5.69 Å². The molecule has 0 radical (unpaired) electrons. The van der Waals surface area contributed by atoms with Crippen molar-refractivity contribution >= 4 is 17.7 Å². The Morgan fingerprint density at radius 1 is 1.10 bits per heavy atom. The molecule has 0 bridgehead atoms.